The largest absolute Gasteiger partial charge is 0.481 e. The molecule has 1 N–H and O–H groups in total. The number of carboxylic acids is 1. The van der Waals surface area contributed by atoms with E-state index in [0.717, 1.165) is 5.56 Å². The number of ether oxygens (including phenoxy) is 11. The molecule has 0 unspecified atom stereocenters. The van der Waals surface area contributed by atoms with Crippen LogP contribution in [0.25, 0.3) is 0 Å². The molecular weight excluding hydrogens is 620 g/mol. The van der Waals surface area contributed by atoms with Crippen molar-refractivity contribution in [1.29, 1.82) is 0 Å². The van der Waals surface area contributed by atoms with Gasteiger partial charge < -0.3 is 57.2 Å². The van der Waals surface area contributed by atoms with Gasteiger partial charge >= 0.3 is 11.9 Å². The average Bonchev–Trinajstić information content (AvgIpc) is 3.07. The number of hydrogen-bond donors (Lipinski definition) is 1. The minimum Gasteiger partial charge on any atom is -0.481 e. The van der Waals surface area contributed by atoms with Crippen molar-refractivity contribution in [2.75, 3.05) is 132 Å². The predicted octanol–water partition coefficient (Wildman–Crippen LogP) is 2.54. The molecule has 14 heteroatoms. The first-order valence-electron chi connectivity index (χ1n) is 16.4. The number of unbranched alkanes of at least 4 members (excludes halogenated alkanes) is 1. The molecule has 0 heterocycles. The van der Waals surface area contributed by atoms with E-state index < -0.39 is 5.97 Å². The molecule has 0 atom stereocenters. The lowest BCUT2D eigenvalue weighted by Crippen LogP contribution is -2.15. The maximum absolute atomic E-state index is 11.5. The van der Waals surface area contributed by atoms with Crippen molar-refractivity contribution in [3.05, 3.63) is 35.9 Å². The predicted molar refractivity (Wildman–Crippen MR) is 171 cm³/mol. The van der Waals surface area contributed by atoms with Gasteiger partial charge in [0.1, 0.15) is 6.61 Å². The SMILES string of the molecule is O=C(O)CCCCC(=O)OCCOCCOCCOCCOCCOCCOCCOCCOCCOCCOCc1ccccc1. The van der Waals surface area contributed by atoms with Gasteiger partial charge in [0, 0.05) is 12.8 Å². The van der Waals surface area contributed by atoms with Crippen molar-refractivity contribution in [3.63, 3.8) is 0 Å². The number of carboxylic acid groups (broad SMARTS) is 1. The van der Waals surface area contributed by atoms with Gasteiger partial charge in [-0.05, 0) is 18.4 Å². The Morgan fingerprint density at radius 1 is 0.426 bits per heavy atom. The molecule has 0 aliphatic heterocycles. The molecule has 14 nitrogen and oxygen atoms in total. The van der Waals surface area contributed by atoms with Crippen LogP contribution in [-0.2, 0) is 68.3 Å². The zero-order chi connectivity index (χ0) is 33.7. The fourth-order valence-electron chi connectivity index (χ4n) is 3.58. The summed E-state index contributed by atoms with van der Waals surface area (Å²) in [6.07, 6.45) is 1.24. The van der Waals surface area contributed by atoms with Crippen molar-refractivity contribution < 1.29 is 66.8 Å². The molecule has 0 saturated heterocycles. The zero-order valence-corrected chi connectivity index (χ0v) is 27.8. The summed E-state index contributed by atoms with van der Waals surface area (Å²) in [6, 6.07) is 10.0. The molecule has 0 radical (unpaired) electrons. The van der Waals surface area contributed by atoms with Gasteiger partial charge in [0.25, 0.3) is 0 Å². The highest BCUT2D eigenvalue weighted by Crippen LogP contribution is 2.02. The van der Waals surface area contributed by atoms with Crippen LogP contribution in [0.3, 0.4) is 0 Å². The van der Waals surface area contributed by atoms with Crippen LogP contribution in [0.5, 0.6) is 0 Å². The van der Waals surface area contributed by atoms with Crippen LogP contribution >= 0.6 is 0 Å². The Labute approximate surface area is 279 Å². The van der Waals surface area contributed by atoms with Gasteiger partial charge in [-0.1, -0.05) is 30.3 Å². The Bertz CT molecular complexity index is 814. The quantitative estimate of drug-likeness (QED) is 0.0810. The fraction of sp³-hybridized carbons (Fsp3) is 0.758. The molecule has 1 aromatic rings. The normalized spacial score (nSPS) is 11.2. The standard InChI is InChI=1S/C33H56O14/c34-32(35)8-4-5-9-33(36)47-29-28-45-25-24-43-21-20-41-17-16-39-13-12-37-10-11-38-14-15-40-18-19-42-22-23-44-26-27-46-30-31-6-2-1-3-7-31/h1-3,6-7H,4-5,8-30H2,(H,34,35). The first-order chi connectivity index (χ1) is 23.2. The van der Waals surface area contributed by atoms with E-state index in [9.17, 15) is 9.59 Å². The maximum Gasteiger partial charge on any atom is 0.305 e. The molecule has 1 aromatic carbocycles. The molecule has 1 rings (SSSR count). The smallest absolute Gasteiger partial charge is 0.305 e. The monoisotopic (exact) mass is 676 g/mol. The van der Waals surface area contributed by atoms with E-state index in [2.05, 4.69) is 0 Å². The molecule has 0 spiro atoms. The summed E-state index contributed by atoms with van der Waals surface area (Å²) in [6.45, 7) is 9.78. The number of esters is 1. The van der Waals surface area contributed by atoms with E-state index in [1.54, 1.807) is 0 Å². The van der Waals surface area contributed by atoms with Gasteiger partial charge in [-0.15, -0.1) is 0 Å². The first-order valence-corrected chi connectivity index (χ1v) is 16.4. The number of hydrogen-bond acceptors (Lipinski definition) is 13. The third-order valence-corrected chi connectivity index (χ3v) is 5.97. The van der Waals surface area contributed by atoms with Crippen LogP contribution in [-0.4, -0.2) is 149 Å². The van der Waals surface area contributed by atoms with Gasteiger partial charge in [0.05, 0.1) is 132 Å². The molecule has 0 amide bonds. The summed E-state index contributed by atoms with van der Waals surface area (Å²) in [5, 5.41) is 8.55. The number of carbonyl (C=O) groups is 2. The molecule has 0 saturated carbocycles. The van der Waals surface area contributed by atoms with Crippen LogP contribution in [0.15, 0.2) is 30.3 Å². The number of benzene rings is 1. The second-order valence-corrected chi connectivity index (χ2v) is 9.87. The molecular formula is C33H56O14. The molecule has 0 bridgehead atoms. The third kappa shape index (κ3) is 33.5. The Morgan fingerprint density at radius 2 is 0.745 bits per heavy atom. The van der Waals surface area contributed by atoms with Crippen LogP contribution in [0.1, 0.15) is 31.2 Å². The third-order valence-electron chi connectivity index (χ3n) is 5.97. The lowest BCUT2D eigenvalue weighted by Gasteiger charge is -2.09. The Kier molecular flexibility index (Phi) is 31.9. The van der Waals surface area contributed by atoms with Gasteiger partial charge in [0.15, 0.2) is 0 Å². The van der Waals surface area contributed by atoms with Gasteiger partial charge in [-0.2, -0.15) is 0 Å². The molecule has 272 valence electrons. The minimum absolute atomic E-state index is 0.0605. The highest BCUT2D eigenvalue weighted by Gasteiger charge is 2.04. The summed E-state index contributed by atoms with van der Waals surface area (Å²) in [4.78, 5) is 21.9. The summed E-state index contributed by atoms with van der Waals surface area (Å²) in [7, 11) is 0. The second-order valence-electron chi connectivity index (χ2n) is 9.87. The van der Waals surface area contributed by atoms with Crippen molar-refractivity contribution >= 4 is 11.9 Å². The van der Waals surface area contributed by atoms with Crippen molar-refractivity contribution in [2.24, 2.45) is 0 Å². The highest BCUT2D eigenvalue weighted by atomic mass is 16.6. The van der Waals surface area contributed by atoms with Crippen molar-refractivity contribution in [1.82, 2.24) is 0 Å². The highest BCUT2D eigenvalue weighted by molar-refractivity contribution is 5.69. The Balaban J connectivity index is 1.63. The fourth-order valence-corrected chi connectivity index (χ4v) is 3.58. The molecule has 0 fully saturated rings. The average molecular weight is 677 g/mol. The van der Waals surface area contributed by atoms with E-state index in [0.29, 0.717) is 138 Å². The summed E-state index contributed by atoms with van der Waals surface area (Å²) >= 11 is 0. The first kappa shape index (κ1) is 42.8. The van der Waals surface area contributed by atoms with Crippen molar-refractivity contribution in [2.45, 2.75) is 32.3 Å². The van der Waals surface area contributed by atoms with E-state index in [1.165, 1.54) is 0 Å². The summed E-state index contributed by atoms with van der Waals surface area (Å²) in [5.41, 5.74) is 1.15. The van der Waals surface area contributed by atoms with Crippen LogP contribution in [0.4, 0.5) is 0 Å². The minimum atomic E-state index is -0.862. The van der Waals surface area contributed by atoms with Crippen molar-refractivity contribution in [3.8, 4) is 0 Å². The molecule has 0 aliphatic rings. The lowest BCUT2D eigenvalue weighted by molar-refractivity contribution is -0.146. The summed E-state index contributed by atoms with van der Waals surface area (Å²) in [5.74, 6) is -1.21. The van der Waals surface area contributed by atoms with Gasteiger partial charge in [-0.25, -0.2) is 0 Å². The maximum atomic E-state index is 11.5. The number of aliphatic carboxylic acids is 1. The zero-order valence-electron chi connectivity index (χ0n) is 27.8. The molecule has 0 aliphatic carbocycles. The van der Waals surface area contributed by atoms with Crippen LogP contribution < -0.4 is 0 Å². The van der Waals surface area contributed by atoms with Gasteiger partial charge in [-0.3, -0.25) is 9.59 Å². The van der Waals surface area contributed by atoms with E-state index in [-0.39, 0.29) is 32.0 Å². The Hall–Kier alpha value is -2.24. The lowest BCUT2D eigenvalue weighted by atomic mass is 10.2. The topological polar surface area (TPSA) is 156 Å². The summed E-state index contributed by atoms with van der Waals surface area (Å²) < 4.78 is 59.6. The number of carbonyl (C=O) groups excluding carboxylic acids is 1. The molecule has 0 aromatic heterocycles. The van der Waals surface area contributed by atoms with E-state index in [4.69, 9.17) is 57.2 Å². The van der Waals surface area contributed by atoms with E-state index >= 15 is 0 Å². The molecule has 47 heavy (non-hydrogen) atoms. The van der Waals surface area contributed by atoms with Crippen LogP contribution in [0, 0.1) is 0 Å². The number of rotatable bonds is 37. The van der Waals surface area contributed by atoms with Gasteiger partial charge in [0.2, 0.25) is 0 Å². The second kappa shape index (κ2) is 35.1. The van der Waals surface area contributed by atoms with E-state index in [1.807, 2.05) is 30.3 Å². The van der Waals surface area contributed by atoms with Crippen LogP contribution in [0.2, 0.25) is 0 Å². The Morgan fingerprint density at radius 3 is 1.11 bits per heavy atom.